The molecule has 0 radical (unpaired) electrons. The number of hydrogen-bond donors (Lipinski definition) is 2. The van der Waals surface area contributed by atoms with Crippen molar-refractivity contribution in [2.75, 3.05) is 31.1 Å². The summed E-state index contributed by atoms with van der Waals surface area (Å²) in [7, 11) is 0. The van der Waals surface area contributed by atoms with Gasteiger partial charge in [0, 0.05) is 31.2 Å². The standard InChI is InChI=1S/C23H27N5O3/c1-15-10-16(13-24)11-20(29)22(15)19-12-17-4-2-8-28(23(17)26-25-19)18-5-3-7-27(14-18)9-6-21(30)31/h10-12,18,29H,2-9,14H2,1H3,(H,30,31)/t18-/m0/s1. The van der Waals surface area contributed by atoms with E-state index in [1.807, 2.05) is 13.0 Å². The summed E-state index contributed by atoms with van der Waals surface area (Å²) in [6, 6.07) is 7.57. The van der Waals surface area contributed by atoms with Crippen LogP contribution in [0.2, 0.25) is 0 Å². The number of aliphatic carboxylic acids is 1. The fraction of sp³-hybridized carbons (Fsp3) is 0.478. The Morgan fingerprint density at radius 3 is 2.84 bits per heavy atom. The van der Waals surface area contributed by atoms with Crippen LogP contribution in [-0.2, 0) is 11.2 Å². The average Bonchev–Trinajstić information content (AvgIpc) is 2.76. The lowest BCUT2D eigenvalue weighted by Crippen LogP contribution is -2.50. The van der Waals surface area contributed by atoms with Crippen LogP contribution in [0.15, 0.2) is 18.2 Å². The van der Waals surface area contributed by atoms with Crippen LogP contribution in [0.25, 0.3) is 11.3 Å². The Labute approximate surface area is 181 Å². The molecule has 1 fully saturated rings. The van der Waals surface area contributed by atoms with E-state index in [9.17, 15) is 9.90 Å². The topological polar surface area (TPSA) is 114 Å². The van der Waals surface area contributed by atoms with Gasteiger partial charge in [-0.1, -0.05) is 0 Å². The number of nitrogens with zero attached hydrogens (tertiary/aromatic N) is 5. The van der Waals surface area contributed by atoms with Gasteiger partial charge in [-0.05, 0) is 68.5 Å². The number of carbonyl (C=O) groups is 1. The number of aryl methyl sites for hydroxylation is 2. The Hall–Kier alpha value is -3.18. The number of nitriles is 1. The third-order valence-electron chi connectivity index (χ3n) is 6.23. The zero-order chi connectivity index (χ0) is 22.0. The maximum absolute atomic E-state index is 10.9. The first-order valence-electron chi connectivity index (χ1n) is 10.8. The zero-order valence-electron chi connectivity index (χ0n) is 17.7. The number of anilines is 1. The number of carboxylic acid groups (broad SMARTS) is 1. The lowest BCUT2D eigenvalue weighted by Gasteiger charge is -2.42. The van der Waals surface area contributed by atoms with Crippen LogP contribution in [0.1, 0.15) is 42.4 Å². The molecule has 0 amide bonds. The highest BCUT2D eigenvalue weighted by molar-refractivity contribution is 5.73. The number of rotatable bonds is 5. The number of piperidine rings is 1. The number of carboxylic acids is 1. The van der Waals surface area contributed by atoms with Crippen LogP contribution in [0.3, 0.4) is 0 Å². The van der Waals surface area contributed by atoms with Gasteiger partial charge in [-0.15, -0.1) is 10.2 Å². The highest BCUT2D eigenvalue weighted by Gasteiger charge is 2.30. The molecule has 162 valence electrons. The molecule has 2 N–H and O–H groups in total. The number of aromatic nitrogens is 2. The van der Waals surface area contributed by atoms with Gasteiger partial charge in [0.05, 0.1) is 23.7 Å². The van der Waals surface area contributed by atoms with Gasteiger partial charge in [0.1, 0.15) is 5.75 Å². The second kappa shape index (κ2) is 8.90. The third-order valence-corrected chi connectivity index (χ3v) is 6.23. The summed E-state index contributed by atoms with van der Waals surface area (Å²) in [5, 5.41) is 37.6. The average molecular weight is 422 g/mol. The minimum atomic E-state index is -0.759. The Morgan fingerprint density at radius 1 is 1.26 bits per heavy atom. The van der Waals surface area contributed by atoms with E-state index < -0.39 is 5.97 Å². The molecule has 1 aromatic heterocycles. The molecule has 0 bridgehead atoms. The molecular formula is C23H27N5O3. The lowest BCUT2D eigenvalue weighted by atomic mass is 9.96. The summed E-state index contributed by atoms with van der Waals surface area (Å²) in [6.07, 6.45) is 4.18. The van der Waals surface area contributed by atoms with Crippen LogP contribution < -0.4 is 4.90 Å². The van der Waals surface area contributed by atoms with Gasteiger partial charge in [0.25, 0.3) is 0 Å². The number of fused-ring (bicyclic) bond motifs is 1. The molecule has 0 saturated carbocycles. The Kier molecular flexibility index (Phi) is 6.05. The van der Waals surface area contributed by atoms with Gasteiger partial charge in [0.2, 0.25) is 0 Å². The van der Waals surface area contributed by atoms with Crippen LogP contribution in [-0.4, -0.2) is 63.5 Å². The van der Waals surface area contributed by atoms with Crippen molar-refractivity contribution in [3.8, 4) is 23.1 Å². The smallest absolute Gasteiger partial charge is 0.304 e. The molecule has 2 aliphatic rings. The molecule has 1 aromatic carbocycles. The number of hydrogen-bond acceptors (Lipinski definition) is 7. The molecule has 0 spiro atoms. The quantitative estimate of drug-likeness (QED) is 0.758. The van der Waals surface area contributed by atoms with E-state index >= 15 is 0 Å². The summed E-state index contributed by atoms with van der Waals surface area (Å²) in [6.45, 7) is 5.13. The summed E-state index contributed by atoms with van der Waals surface area (Å²) in [4.78, 5) is 15.5. The van der Waals surface area contributed by atoms with Gasteiger partial charge in [-0.25, -0.2) is 0 Å². The molecule has 2 aromatic rings. The number of benzene rings is 1. The molecule has 4 rings (SSSR count). The van der Waals surface area contributed by atoms with E-state index in [4.69, 9.17) is 10.4 Å². The molecule has 3 heterocycles. The van der Waals surface area contributed by atoms with E-state index in [0.29, 0.717) is 29.4 Å². The Bertz CT molecular complexity index is 1010. The molecule has 0 unspecified atom stereocenters. The van der Waals surface area contributed by atoms with Gasteiger partial charge in [-0.3, -0.25) is 4.79 Å². The summed E-state index contributed by atoms with van der Waals surface area (Å²) in [5.74, 6) is 0.177. The van der Waals surface area contributed by atoms with Gasteiger partial charge >= 0.3 is 5.97 Å². The molecular weight excluding hydrogens is 394 g/mol. The summed E-state index contributed by atoms with van der Waals surface area (Å²) >= 11 is 0. The van der Waals surface area contributed by atoms with E-state index in [-0.39, 0.29) is 12.2 Å². The molecule has 0 aliphatic carbocycles. The van der Waals surface area contributed by atoms with E-state index in [2.05, 4.69) is 26.1 Å². The monoisotopic (exact) mass is 421 g/mol. The van der Waals surface area contributed by atoms with Crippen LogP contribution >= 0.6 is 0 Å². The van der Waals surface area contributed by atoms with Crippen molar-refractivity contribution in [3.63, 3.8) is 0 Å². The van der Waals surface area contributed by atoms with Crippen molar-refractivity contribution >= 4 is 11.8 Å². The van der Waals surface area contributed by atoms with Crippen molar-refractivity contribution < 1.29 is 15.0 Å². The first-order chi connectivity index (χ1) is 15.0. The fourth-order valence-corrected chi connectivity index (χ4v) is 4.78. The molecule has 31 heavy (non-hydrogen) atoms. The third kappa shape index (κ3) is 4.47. The van der Waals surface area contributed by atoms with Crippen molar-refractivity contribution in [3.05, 3.63) is 34.9 Å². The molecule has 2 aliphatic heterocycles. The van der Waals surface area contributed by atoms with Gasteiger partial charge in [0.15, 0.2) is 5.82 Å². The minimum Gasteiger partial charge on any atom is -0.507 e. The second-order valence-electron chi connectivity index (χ2n) is 8.41. The number of phenolic OH excluding ortho intramolecular Hbond substituents is 1. The summed E-state index contributed by atoms with van der Waals surface area (Å²) in [5.41, 5.74) is 3.55. The van der Waals surface area contributed by atoms with Crippen molar-refractivity contribution in [2.45, 2.75) is 45.1 Å². The normalized spacial score (nSPS) is 19.0. The SMILES string of the molecule is Cc1cc(C#N)cc(O)c1-c1cc2c(nn1)N([C@H]1CCCN(CCC(=O)O)C1)CCC2. The highest BCUT2D eigenvalue weighted by Crippen LogP contribution is 2.36. The lowest BCUT2D eigenvalue weighted by molar-refractivity contribution is -0.137. The van der Waals surface area contributed by atoms with Gasteiger partial charge < -0.3 is 20.0 Å². The molecule has 1 saturated heterocycles. The van der Waals surface area contributed by atoms with Crippen molar-refractivity contribution in [1.29, 1.82) is 5.26 Å². The van der Waals surface area contributed by atoms with Crippen LogP contribution in [0.4, 0.5) is 5.82 Å². The van der Waals surface area contributed by atoms with Crippen LogP contribution in [0, 0.1) is 18.3 Å². The number of phenols is 1. The van der Waals surface area contributed by atoms with E-state index in [1.165, 1.54) is 6.07 Å². The minimum absolute atomic E-state index is 0.0415. The highest BCUT2D eigenvalue weighted by atomic mass is 16.4. The zero-order valence-corrected chi connectivity index (χ0v) is 17.7. The first kappa shape index (κ1) is 21.1. The number of aromatic hydroxyl groups is 1. The van der Waals surface area contributed by atoms with E-state index in [1.54, 1.807) is 6.07 Å². The predicted octanol–water partition coefficient (Wildman–Crippen LogP) is 2.72. The molecule has 1 atom stereocenters. The second-order valence-corrected chi connectivity index (χ2v) is 8.41. The van der Waals surface area contributed by atoms with E-state index in [0.717, 1.165) is 62.3 Å². The number of likely N-dealkylation sites (tertiary alicyclic amines) is 1. The molecule has 8 heteroatoms. The molecule has 8 nitrogen and oxygen atoms in total. The predicted molar refractivity (Wildman–Crippen MR) is 116 cm³/mol. The largest absolute Gasteiger partial charge is 0.507 e. The van der Waals surface area contributed by atoms with Crippen molar-refractivity contribution in [2.24, 2.45) is 0 Å². The van der Waals surface area contributed by atoms with Crippen LogP contribution in [0.5, 0.6) is 5.75 Å². The van der Waals surface area contributed by atoms with Gasteiger partial charge in [-0.2, -0.15) is 5.26 Å². The maximum Gasteiger partial charge on any atom is 0.304 e. The Morgan fingerprint density at radius 2 is 2.10 bits per heavy atom. The van der Waals surface area contributed by atoms with Crippen molar-refractivity contribution in [1.82, 2.24) is 15.1 Å². The fourth-order valence-electron chi connectivity index (χ4n) is 4.78. The Balaban J connectivity index is 1.58. The first-order valence-corrected chi connectivity index (χ1v) is 10.8. The maximum atomic E-state index is 10.9. The summed E-state index contributed by atoms with van der Waals surface area (Å²) < 4.78 is 0.